The highest BCUT2D eigenvalue weighted by Crippen LogP contribution is 2.36. The van der Waals surface area contributed by atoms with Crippen LogP contribution in [0, 0.1) is 12.7 Å². The summed E-state index contributed by atoms with van der Waals surface area (Å²) in [5, 5.41) is 9.94. The zero-order valence-corrected chi connectivity index (χ0v) is 18.5. The van der Waals surface area contributed by atoms with Crippen molar-refractivity contribution in [1.29, 1.82) is 0 Å². The first-order chi connectivity index (χ1) is 16.4. The van der Waals surface area contributed by atoms with Crippen molar-refractivity contribution in [1.82, 2.24) is 4.57 Å². The number of aliphatic carboxylic acids is 1. The van der Waals surface area contributed by atoms with Gasteiger partial charge in [0, 0.05) is 22.2 Å². The number of aromatic nitrogens is 1. The lowest BCUT2D eigenvalue weighted by Crippen LogP contribution is -2.14. The van der Waals surface area contributed by atoms with Crippen molar-refractivity contribution in [2.75, 3.05) is 13.2 Å². The number of carbonyl (C=O) groups is 2. The van der Waals surface area contributed by atoms with Crippen molar-refractivity contribution >= 4 is 22.8 Å². The Kier molecular flexibility index (Phi) is 5.53. The Morgan fingerprint density at radius 1 is 1.12 bits per heavy atom. The molecule has 34 heavy (non-hydrogen) atoms. The van der Waals surface area contributed by atoms with Crippen molar-refractivity contribution in [3.8, 4) is 11.5 Å². The molecule has 6 nitrogen and oxygen atoms in total. The van der Waals surface area contributed by atoms with E-state index in [1.54, 1.807) is 47.0 Å². The summed E-state index contributed by atoms with van der Waals surface area (Å²) in [7, 11) is 0. The number of fused-ring (bicyclic) bond motifs is 2. The summed E-state index contributed by atoms with van der Waals surface area (Å²) in [4.78, 5) is 24.5. The molecule has 172 valence electrons. The number of halogens is 1. The van der Waals surface area contributed by atoms with E-state index in [4.69, 9.17) is 9.47 Å². The third-order valence-corrected chi connectivity index (χ3v) is 6.08. The van der Waals surface area contributed by atoms with E-state index in [0.29, 0.717) is 35.6 Å². The molecule has 1 atom stereocenters. The molecule has 0 radical (unpaired) electrons. The minimum Gasteiger partial charge on any atom is -0.493 e. The van der Waals surface area contributed by atoms with Crippen LogP contribution in [-0.4, -0.2) is 34.8 Å². The van der Waals surface area contributed by atoms with Crippen LogP contribution in [0.4, 0.5) is 4.39 Å². The molecule has 0 amide bonds. The zero-order valence-electron chi connectivity index (χ0n) is 18.5. The third kappa shape index (κ3) is 3.90. The largest absolute Gasteiger partial charge is 0.493 e. The molecule has 0 aliphatic carbocycles. The van der Waals surface area contributed by atoms with Crippen LogP contribution in [0.5, 0.6) is 11.5 Å². The Balaban J connectivity index is 1.33. The van der Waals surface area contributed by atoms with Crippen LogP contribution in [0.15, 0.2) is 66.7 Å². The second-order valence-electron chi connectivity index (χ2n) is 8.35. The molecule has 5 rings (SSSR count). The zero-order chi connectivity index (χ0) is 23.8. The van der Waals surface area contributed by atoms with Crippen molar-refractivity contribution in [3.05, 3.63) is 94.9 Å². The summed E-state index contributed by atoms with van der Waals surface area (Å²) in [6.45, 7) is 2.51. The van der Waals surface area contributed by atoms with Gasteiger partial charge in [0.15, 0.2) is 11.6 Å². The van der Waals surface area contributed by atoms with Gasteiger partial charge in [-0.05, 0) is 55.0 Å². The van der Waals surface area contributed by atoms with Gasteiger partial charge in [-0.2, -0.15) is 0 Å². The van der Waals surface area contributed by atoms with Gasteiger partial charge in [-0.3, -0.25) is 14.2 Å². The maximum Gasteiger partial charge on any atom is 0.307 e. The maximum absolute atomic E-state index is 13.8. The fourth-order valence-electron chi connectivity index (χ4n) is 4.44. The van der Waals surface area contributed by atoms with Gasteiger partial charge in [0.1, 0.15) is 5.75 Å². The van der Waals surface area contributed by atoms with E-state index < -0.39 is 5.97 Å². The quantitative estimate of drug-likeness (QED) is 0.441. The highest BCUT2D eigenvalue weighted by atomic mass is 19.1. The van der Waals surface area contributed by atoms with Crippen LogP contribution in [0.2, 0.25) is 0 Å². The first kappa shape index (κ1) is 21.7. The highest BCUT2D eigenvalue weighted by Gasteiger charge is 2.27. The topological polar surface area (TPSA) is 77.8 Å². The average molecular weight is 459 g/mol. The molecule has 1 aliphatic heterocycles. The lowest BCUT2D eigenvalue weighted by Gasteiger charge is -2.12. The van der Waals surface area contributed by atoms with Gasteiger partial charge < -0.3 is 14.6 Å². The van der Waals surface area contributed by atoms with Crippen LogP contribution in [-0.2, 0) is 11.2 Å². The molecule has 1 N–H and O–H groups in total. The van der Waals surface area contributed by atoms with Crippen LogP contribution in [0.1, 0.15) is 33.1 Å². The molecule has 4 aromatic rings. The van der Waals surface area contributed by atoms with E-state index >= 15 is 0 Å². The normalized spacial score (nSPS) is 14.6. The molecule has 0 saturated heterocycles. The van der Waals surface area contributed by atoms with Gasteiger partial charge in [0.05, 0.1) is 31.1 Å². The number of carboxylic acid groups (broad SMARTS) is 1. The number of para-hydroxylation sites is 1. The second kappa shape index (κ2) is 8.67. The fraction of sp³-hybridized carbons (Fsp3) is 0.185. The standard InChI is InChI=1S/C27H22FNO5/c1-16-12-22-18(13-25(30)31)4-2-7-24(22)29(16)27(32)17-8-10-20(11-9-17)33-14-19-15-34-26-21(19)5-3-6-23(26)28/h2-12,19H,13-15H2,1H3,(H,30,31)/t19-/m1/s1. The molecule has 1 aromatic heterocycles. The van der Waals surface area contributed by atoms with Crippen molar-refractivity contribution in [3.63, 3.8) is 0 Å². The number of hydrogen-bond acceptors (Lipinski definition) is 4. The number of rotatable bonds is 6. The second-order valence-corrected chi connectivity index (χ2v) is 8.35. The molecule has 3 aromatic carbocycles. The summed E-state index contributed by atoms with van der Waals surface area (Å²) < 4.78 is 26.8. The van der Waals surface area contributed by atoms with E-state index in [1.165, 1.54) is 6.07 Å². The monoisotopic (exact) mass is 459 g/mol. The van der Waals surface area contributed by atoms with Gasteiger partial charge >= 0.3 is 5.97 Å². The lowest BCUT2D eigenvalue weighted by molar-refractivity contribution is -0.136. The van der Waals surface area contributed by atoms with Crippen LogP contribution >= 0.6 is 0 Å². The predicted octanol–water partition coefficient (Wildman–Crippen LogP) is 4.96. The first-order valence-corrected chi connectivity index (χ1v) is 10.9. The van der Waals surface area contributed by atoms with E-state index in [0.717, 1.165) is 16.6 Å². The molecule has 0 saturated carbocycles. The van der Waals surface area contributed by atoms with E-state index in [1.807, 2.05) is 25.1 Å². The van der Waals surface area contributed by atoms with Gasteiger partial charge in [0.25, 0.3) is 5.91 Å². The Hall–Kier alpha value is -4.13. The highest BCUT2D eigenvalue weighted by molar-refractivity contribution is 6.04. The Morgan fingerprint density at radius 2 is 1.88 bits per heavy atom. The van der Waals surface area contributed by atoms with E-state index in [9.17, 15) is 19.1 Å². The van der Waals surface area contributed by atoms with Gasteiger partial charge in [0.2, 0.25) is 0 Å². The summed E-state index contributed by atoms with van der Waals surface area (Å²) in [5.74, 6) is -0.679. The first-order valence-electron chi connectivity index (χ1n) is 10.9. The maximum atomic E-state index is 13.8. The number of ether oxygens (including phenoxy) is 2. The Bertz CT molecular complexity index is 1410. The number of carbonyl (C=O) groups excluding carboxylic acids is 1. The molecule has 2 heterocycles. The van der Waals surface area contributed by atoms with Crippen LogP contribution in [0.25, 0.3) is 10.9 Å². The smallest absolute Gasteiger partial charge is 0.307 e. The molecular weight excluding hydrogens is 437 g/mol. The SMILES string of the molecule is Cc1cc2c(CC(=O)O)cccc2n1C(=O)c1ccc(OC[C@@H]2COc3c(F)cccc32)cc1. The molecule has 1 aliphatic rings. The molecule has 7 heteroatoms. The summed E-state index contributed by atoms with van der Waals surface area (Å²) in [6.07, 6.45) is -0.107. The molecule has 0 fully saturated rings. The third-order valence-electron chi connectivity index (χ3n) is 6.08. The Labute approximate surface area is 195 Å². The van der Waals surface area contributed by atoms with Crippen molar-refractivity contribution < 1.29 is 28.6 Å². The molecule has 0 bridgehead atoms. The number of hydrogen-bond donors (Lipinski definition) is 1. The van der Waals surface area contributed by atoms with Crippen LogP contribution < -0.4 is 9.47 Å². The summed E-state index contributed by atoms with van der Waals surface area (Å²) >= 11 is 0. The number of benzene rings is 3. The van der Waals surface area contributed by atoms with Gasteiger partial charge in [-0.1, -0.05) is 24.3 Å². The average Bonchev–Trinajstić information content (AvgIpc) is 3.39. The van der Waals surface area contributed by atoms with Gasteiger partial charge in [-0.15, -0.1) is 0 Å². The minimum absolute atomic E-state index is 0.0686. The van der Waals surface area contributed by atoms with E-state index in [-0.39, 0.29) is 29.8 Å². The summed E-state index contributed by atoms with van der Waals surface area (Å²) in [6, 6.07) is 18.9. The van der Waals surface area contributed by atoms with Crippen molar-refractivity contribution in [2.45, 2.75) is 19.3 Å². The molecular formula is C27H22FNO5. The van der Waals surface area contributed by atoms with Crippen LogP contribution in [0.3, 0.4) is 0 Å². The van der Waals surface area contributed by atoms with Gasteiger partial charge in [-0.25, -0.2) is 4.39 Å². The minimum atomic E-state index is -0.919. The van der Waals surface area contributed by atoms with Crippen molar-refractivity contribution in [2.24, 2.45) is 0 Å². The number of nitrogens with zero attached hydrogens (tertiary/aromatic N) is 1. The molecule has 0 spiro atoms. The number of aryl methyl sites for hydroxylation is 1. The Morgan fingerprint density at radius 3 is 2.65 bits per heavy atom. The lowest BCUT2D eigenvalue weighted by atomic mass is 10.0. The summed E-state index contributed by atoms with van der Waals surface area (Å²) in [5.41, 5.74) is 3.34. The fourth-order valence-corrected chi connectivity index (χ4v) is 4.44. The molecule has 0 unspecified atom stereocenters. The number of carboxylic acids is 1. The van der Waals surface area contributed by atoms with E-state index in [2.05, 4.69) is 0 Å². The predicted molar refractivity (Wildman–Crippen MR) is 124 cm³/mol.